The molecule has 0 amide bonds. The lowest BCUT2D eigenvalue weighted by atomic mass is 10.0. The van der Waals surface area contributed by atoms with Crippen molar-refractivity contribution in [2.24, 2.45) is 7.05 Å². The van der Waals surface area contributed by atoms with E-state index >= 15 is 0 Å². The minimum atomic E-state index is 0.875. The Hall–Kier alpha value is -2.55. The van der Waals surface area contributed by atoms with Gasteiger partial charge >= 0.3 is 5.82 Å². The number of hydrogen-bond acceptors (Lipinski definition) is 2. The summed E-state index contributed by atoms with van der Waals surface area (Å²) >= 11 is 0. The zero-order valence-electron chi connectivity index (χ0n) is 14.0. The van der Waals surface area contributed by atoms with E-state index < -0.39 is 0 Å². The maximum atomic E-state index is 5.02. The van der Waals surface area contributed by atoms with Gasteiger partial charge in [-0.1, -0.05) is 17.7 Å². The van der Waals surface area contributed by atoms with Gasteiger partial charge in [0.05, 0.1) is 24.5 Å². The Labute approximate surface area is 136 Å². The van der Waals surface area contributed by atoms with Gasteiger partial charge in [-0.2, -0.15) is 0 Å². The molecular weight excluding hydrogens is 282 g/mol. The van der Waals surface area contributed by atoms with Crippen LogP contribution in [0.25, 0.3) is 22.6 Å². The molecule has 0 saturated carbocycles. The smallest absolute Gasteiger partial charge is 0.257 e. The molecular formula is C20H20N3+. The van der Waals surface area contributed by atoms with Gasteiger partial charge in [0.25, 0.3) is 0 Å². The topological polar surface area (TPSA) is 29.7 Å². The van der Waals surface area contributed by atoms with Gasteiger partial charge in [-0.3, -0.25) is 4.98 Å². The van der Waals surface area contributed by atoms with E-state index in [1.807, 2.05) is 6.92 Å². The van der Waals surface area contributed by atoms with Gasteiger partial charge < -0.3 is 0 Å². The maximum Gasteiger partial charge on any atom is 0.331 e. The second-order valence-corrected chi connectivity index (χ2v) is 6.49. The molecule has 0 saturated heterocycles. The van der Waals surface area contributed by atoms with E-state index in [0.717, 1.165) is 29.3 Å². The molecule has 0 N–H and O–H groups in total. The van der Waals surface area contributed by atoms with E-state index in [2.05, 4.69) is 67.0 Å². The van der Waals surface area contributed by atoms with Crippen LogP contribution < -0.4 is 4.57 Å². The van der Waals surface area contributed by atoms with Crippen molar-refractivity contribution in [1.29, 1.82) is 0 Å². The number of rotatable bonds is 1. The average Bonchev–Trinajstić information content (AvgIpc) is 2.85. The predicted octanol–water partition coefficient (Wildman–Crippen LogP) is 3.46. The first-order valence-corrected chi connectivity index (χ1v) is 7.97. The lowest BCUT2D eigenvalue weighted by molar-refractivity contribution is -0.663. The van der Waals surface area contributed by atoms with Crippen LogP contribution in [-0.4, -0.2) is 9.97 Å². The van der Waals surface area contributed by atoms with E-state index in [4.69, 9.17) is 4.98 Å². The molecule has 3 nitrogen and oxygen atoms in total. The first kappa shape index (κ1) is 14.1. The van der Waals surface area contributed by atoms with Crippen LogP contribution in [0, 0.1) is 20.8 Å². The lowest BCUT2D eigenvalue weighted by Gasteiger charge is -2.06. The van der Waals surface area contributed by atoms with Gasteiger partial charge in [0.1, 0.15) is 0 Å². The number of pyridine rings is 1. The molecule has 0 spiro atoms. The first-order valence-electron chi connectivity index (χ1n) is 7.97. The fourth-order valence-corrected chi connectivity index (χ4v) is 3.34. The van der Waals surface area contributed by atoms with E-state index in [0.29, 0.717) is 0 Å². The van der Waals surface area contributed by atoms with Crippen molar-refractivity contribution in [2.45, 2.75) is 27.2 Å². The van der Waals surface area contributed by atoms with Crippen molar-refractivity contribution >= 4 is 0 Å². The van der Waals surface area contributed by atoms with Gasteiger partial charge in [-0.05, 0) is 49.5 Å². The Bertz CT molecular complexity index is 942. The van der Waals surface area contributed by atoms with Gasteiger partial charge in [-0.25, -0.2) is 4.57 Å². The van der Waals surface area contributed by atoms with Crippen molar-refractivity contribution < 1.29 is 4.57 Å². The number of benzene rings is 1. The third kappa shape index (κ3) is 2.24. The minimum absolute atomic E-state index is 0.875. The van der Waals surface area contributed by atoms with Crippen molar-refractivity contribution in [3.63, 3.8) is 0 Å². The van der Waals surface area contributed by atoms with E-state index in [-0.39, 0.29) is 0 Å². The molecule has 2 heterocycles. The highest BCUT2D eigenvalue weighted by Gasteiger charge is 2.29. The standard InChI is InChI=1S/C20H20N3/c1-12-5-6-13(2)17(9-12)20-22-19-15(11-23(20)4)10-18-16(19)8-7-14(3)21-18/h5-9,11H,10H2,1-4H3/q+1. The molecule has 23 heavy (non-hydrogen) atoms. The molecule has 3 heteroatoms. The van der Waals surface area contributed by atoms with Crippen LogP contribution in [0.3, 0.4) is 0 Å². The number of aromatic nitrogens is 3. The van der Waals surface area contributed by atoms with E-state index in [1.165, 1.54) is 27.8 Å². The second-order valence-electron chi connectivity index (χ2n) is 6.49. The third-order valence-electron chi connectivity index (χ3n) is 4.57. The van der Waals surface area contributed by atoms with E-state index in [1.54, 1.807) is 0 Å². The van der Waals surface area contributed by atoms with Crippen molar-refractivity contribution in [3.8, 4) is 22.6 Å². The average molecular weight is 302 g/mol. The van der Waals surface area contributed by atoms with Crippen LogP contribution in [0.5, 0.6) is 0 Å². The molecule has 0 unspecified atom stereocenters. The molecule has 3 aromatic rings. The number of nitrogens with zero attached hydrogens (tertiary/aromatic N) is 3. The summed E-state index contributed by atoms with van der Waals surface area (Å²) in [7, 11) is 2.08. The van der Waals surface area contributed by atoms with Crippen LogP contribution in [0.15, 0.2) is 36.5 Å². The summed E-state index contributed by atoms with van der Waals surface area (Å²) in [5, 5.41) is 0. The Morgan fingerprint density at radius 3 is 2.61 bits per heavy atom. The van der Waals surface area contributed by atoms with Crippen LogP contribution in [-0.2, 0) is 13.5 Å². The molecule has 0 atom stereocenters. The van der Waals surface area contributed by atoms with Crippen molar-refractivity contribution in [3.05, 3.63) is 64.6 Å². The highest BCUT2D eigenvalue weighted by Crippen LogP contribution is 2.34. The fraction of sp³-hybridized carbons (Fsp3) is 0.250. The van der Waals surface area contributed by atoms with Crippen molar-refractivity contribution in [1.82, 2.24) is 9.97 Å². The van der Waals surface area contributed by atoms with Gasteiger partial charge in [-0.15, -0.1) is 0 Å². The van der Waals surface area contributed by atoms with Gasteiger partial charge in [0, 0.05) is 23.2 Å². The summed E-state index contributed by atoms with van der Waals surface area (Å²) in [6.45, 7) is 6.30. The molecule has 1 aromatic carbocycles. The molecule has 4 rings (SSSR count). The minimum Gasteiger partial charge on any atom is -0.257 e. The fourth-order valence-electron chi connectivity index (χ4n) is 3.34. The second kappa shape index (κ2) is 4.98. The molecule has 0 bridgehead atoms. The monoisotopic (exact) mass is 302 g/mol. The summed E-state index contributed by atoms with van der Waals surface area (Å²) in [4.78, 5) is 9.70. The zero-order chi connectivity index (χ0) is 16.1. The molecule has 1 aliphatic rings. The van der Waals surface area contributed by atoms with E-state index in [9.17, 15) is 0 Å². The highest BCUT2D eigenvalue weighted by atomic mass is 15.0. The summed E-state index contributed by atoms with van der Waals surface area (Å²) in [6.07, 6.45) is 3.08. The molecule has 0 fully saturated rings. The van der Waals surface area contributed by atoms with Gasteiger partial charge in [0.15, 0.2) is 5.69 Å². The van der Waals surface area contributed by atoms with Crippen LogP contribution in [0.4, 0.5) is 0 Å². The molecule has 0 aliphatic heterocycles. The Morgan fingerprint density at radius 2 is 1.78 bits per heavy atom. The summed E-state index contributed by atoms with van der Waals surface area (Å²) < 4.78 is 2.14. The third-order valence-corrected chi connectivity index (χ3v) is 4.57. The number of hydrogen-bond donors (Lipinski definition) is 0. The van der Waals surface area contributed by atoms with Crippen molar-refractivity contribution in [2.75, 3.05) is 0 Å². The molecule has 114 valence electrons. The first-order chi connectivity index (χ1) is 11.0. The maximum absolute atomic E-state index is 5.02. The van der Waals surface area contributed by atoms with Crippen LogP contribution in [0.2, 0.25) is 0 Å². The Kier molecular flexibility index (Phi) is 3.05. The van der Waals surface area contributed by atoms with Gasteiger partial charge in [0.2, 0.25) is 0 Å². The Morgan fingerprint density at radius 1 is 0.957 bits per heavy atom. The summed E-state index contributed by atoms with van der Waals surface area (Å²) in [5.41, 5.74) is 9.43. The molecule has 0 radical (unpaired) electrons. The normalized spacial score (nSPS) is 12.2. The lowest BCUT2D eigenvalue weighted by Crippen LogP contribution is -2.33. The molecule has 2 aromatic heterocycles. The van der Waals surface area contributed by atoms with Crippen LogP contribution >= 0.6 is 0 Å². The largest absolute Gasteiger partial charge is 0.331 e. The zero-order valence-corrected chi connectivity index (χ0v) is 14.0. The summed E-state index contributed by atoms with van der Waals surface area (Å²) in [6, 6.07) is 10.8. The summed E-state index contributed by atoms with van der Waals surface area (Å²) in [5.74, 6) is 1.01. The predicted molar refractivity (Wildman–Crippen MR) is 91.1 cm³/mol. The SMILES string of the molecule is Cc1ccc(C)c(-c2nc3c(c[n+]2C)Cc2nc(C)ccc2-3)c1. The van der Waals surface area contributed by atoms with Crippen LogP contribution in [0.1, 0.15) is 28.1 Å². The molecule has 1 aliphatic carbocycles. The number of aryl methyl sites for hydroxylation is 4. The Balaban J connectivity index is 1.94. The highest BCUT2D eigenvalue weighted by molar-refractivity contribution is 5.73. The quantitative estimate of drug-likeness (QED) is 0.504. The number of fused-ring (bicyclic) bond motifs is 3.